The molecule has 2 rings (SSSR count). The first-order valence-electron chi connectivity index (χ1n) is 3.54. The molecule has 0 spiro atoms. The quantitative estimate of drug-likeness (QED) is 0.357. The van der Waals surface area contributed by atoms with Crippen molar-refractivity contribution in [2.45, 2.75) is 19.4 Å². The minimum Gasteiger partial charge on any atom is -0.335 e. The van der Waals surface area contributed by atoms with Crippen molar-refractivity contribution in [3.05, 3.63) is 11.6 Å². The van der Waals surface area contributed by atoms with Crippen LogP contribution in [0.5, 0.6) is 0 Å². The Morgan fingerprint density at radius 3 is 2.60 bits per heavy atom. The highest BCUT2D eigenvalue weighted by Crippen LogP contribution is 2.50. The number of hydrogen-bond acceptors (Lipinski definition) is 1. The van der Waals surface area contributed by atoms with E-state index in [1.165, 1.54) is 5.57 Å². The number of β-lactam (4-membered cyclic amide) rings is 1. The molecule has 1 saturated heterocycles. The van der Waals surface area contributed by atoms with Crippen LogP contribution >= 0.6 is 0 Å². The largest absolute Gasteiger partial charge is 0.335 e. The lowest BCUT2D eigenvalue weighted by Crippen LogP contribution is -2.71. The fourth-order valence-corrected chi connectivity index (χ4v) is 2.09. The Labute approximate surface area is 60.5 Å². The summed E-state index contributed by atoms with van der Waals surface area (Å²) in [6.07, 6.45) is 2.17. The number of carbonyl (C=O) groups excluding carboxylic acids is 1. The second kappa shape index (κ2) is 1.29. The third kappa shape index (κ3) is 0.349. The molecule has 0 aromatic rings. The minimum absolute atomic E-state index is 0.0845. The molecule has 2 heteroatoms. The number of rotatable bonds is 0. The molecule has 0 aromatic carbocycles. The van der Waals surface area contributed by atoms with Gasteiger partial charge in [0.05, 0.1) is 11.5 Å². The van der Waals surface area contributed by atoms with Gasteiger partial charge in [-0.3, -0.25) is 4.79 Å². The van der Waals surface area contributed by atoms with E-state index in [4.69, 9.17) is 0 Å². The van der Waals surface area contributed by atoms with Crippen LogP contribution in [0.4, 0.5) is 0 Å². The van der Waals surface area contributed by atoms with Gasteiger partial charge in [0.1, 0.15) is 0 Å². The first-order chi connectivity index (χ1) is 4.57. The maximum Gasteiger partial charge on any atom is 0.232 e. The van der Waals surface area contributed by atoms with Crippen LogP contribution in [0.3, 0.4) is 0 Å². The van der Waals surface area contributed by atoms with Crippen molar-refractivity contribution in [3.63, 3.8) is 0 Å². The zero-order valence-corrected chi connectivity index (χ0v) is 6.51. The van der Waals surface area contributed by atoms with Crippen molar-refractivity contribution in [2.75, 3.05) is 7.05 Å². The van der Waals surface area contributed by atoms with Gasteiger partial charge in [-0.25, -0.2) is 0 Å². The third-order valence-electron chi connectivity index (χ3n) is 2.86. The van der Waals surface area contributed by atoms with E-state index in [0.29, 0.717) is 0 Å². The number of likely N-dealkylation sites (tertiary alicyclic amines) is 1. The lowest BCUT2D eigenvalue weighted by Gasteiger charge is -2.59. The molecule has 1 aliphatic heterocycles. The molecule has 2 nitrogen and oxygen atoms in total. The van der Waals surface area contributed by atoms with Gasteiger partial charge in [-0.05, 0) is 13.8 Å². The summed E-state index contributed by atoms with van der Waals surface area (Å²) in [5.74, 6) is 0.500. The van der Waals surface area contributed by atoms with E-state index in [-0.39, 0.29) is 17.4 Å². The first kappa shape index (κ1) is 5.96. The third-order valence-corrected chi connectivity index (χ3v) is 2.86. The zero-order chi connectivity index (χ0) is 7.52. The molecule has 2 atom stereocenters. The van der Waals surface area contributed by atoms with Crippen LogP contribution in [0.1, 0.15) is 13.8 Å². The van der Waals surface area contributed by atoms with Gasteiger partial charge >= 0.3 is 0 Å². The molecule has 2 unspecified atom stereocenters. The average Bonchev–Trinajstić information content (AvgIpc) is 1.85. The molecule has 1 fully saturated rings. The molecule has 1 amide bonds. The Hall–Kier alpha value is -0.790. The molecular formula is C8H11NO. The monoisotopic (exact) mass is 137 g/mol. The Morgan fingerprint density at radius 2 is 2.30 bits per heavy atom. The van der Waals surface area contributed by atoms with Gasteiger partial charge in [0.15, 0.2) is 0 Å². The molecule has 0 aromatic heterocycles. The van der Waals surface area contributed by atoms with Crippen LogP contribution in [0.15, 0.2) is 11.6 Å². The fraction of sp³-hybridized carbons (Fsp3) is 0.625. The molecule has 0 N–H and O–H groups in total. The molecular weight excluding hydrogens is 126 g/mol. The zero-order valence-electron chi connectivity index (χ0n) is 6.51. The van der Waals surface area contributed by atoms with Gasteiger partial charge in [-0.15, -0.1) is 0 Å². The fourth-order valence-electron chi connectivity index (χ4n) is 2.09. The topological polar surface area (TPSA) is 20.3 Å². The van der Waals surface area contributed by atoms with Crippen LogP contribution in [0.2, 0.25) is 0 Å². The van der Waals surface area contributed by atoms with E-state index in [9.17, 15) is 4.79 Å². The predicted octanol–water partition coefficient (Wildman–Crippen LogP) is 0.793. The second-order valence-electron chi connectivity index (χ2n) is 3.44. The number of amides is 1. The normalized spacial score (nSPS) is 43.5. The highest BCUT2D eigenvalue weighted by molar-refractivity contribution is 5.94. The predicted molar refractivity (Wildman–Crippen MR) is 38.4 cm³/mol. The van der Waals surface area contributed by atoms with Crippen LogP contribution in [-0.4, -0.2) is 23.4 Å². The lowest BCUT2D eigenvalue weighted by molar-refractivity contribution is -0.160. The molecule has 10 heavy (non-hydrogen) atoms. The second-order valence-corrected chi connectivity index (χ2v) is 3.44. The number of likely N-dealkylation sites (N-methyl/N-ethyl adjacent to an activating group) is 1. The summed E-state index contributed by atoms with van der Waals surface area (Å²) in [5, 5.41) is 0. The number of hydrogen-bond donors (Lipinski definition) is 0. The summed E-state index contributed by atoms with van der Waals surface area (Å²) < 4.78 is 0. The molecule has 0 saturated carbocycles. The van der Waals surface area contributed by atoms with Crippen LogP contribution in [0, 0.1) is 5.92 Å². The lowest BCUT2D eigenvalue weighted by atomic mass is 9.62. The van der Waals surface area contributed by atoms with Crippen molar-refractivity contribution < 1.29 is 4.79 Å². The highest BCUT2D eigenvalue weighted by atomic mass is 16.2. The first-order valence-corrected chi connectivity index (χ1v) is 3.54. The summed E-state index contributed by atoms with van der Waals surface area (Å²) in [6, 6.07) is 0. The van der Waals surface area contributed by atoms with Crippen molar-refractivity contribution >= 4 is 5.91 Å². The Bertz CT molecular complexity index is 244. The van der Waals surface area contributed by atoms with Gasteiger partial charge in [0.2, 0.25) is 5.91 Å². The Balaban J connectivity index is 2.37. The Kier molecular flexibility index (Phi) is 0.766. The average molecular weight is 137 g/mol. The van der Waals surface area contributed by atoms with Gasteiger partial charge < -0.3 is 4.90 Å². The molecule has 1 aliphatic carbocycles. The van der Waals surface area contributed by atoms with Gasteiger partial charge in [-0.1, -0.05) is 11.6 Å². The van der Waals surface area contributed by atoms with Crippen molar-refractivity contribution in [1.29, 1.82) is 0 Å². The van der Waals surface area contributed by atoms with E-state index in [0.717, 1.165) is 0 Å². The number of nitrogens with zero attached hydrogens (tertiary/aromatic N) is 1. The summed E-state index contributed by atoms with van der Waals surface area (Å²) in [6.45, 7) is 4.13. The maximum absolute atomic E-state index is 11.1. The van der Waals surface area contributed by atoms with Crippen molar-refractivity contribution in [2.24, 2.45) is 5.92 Å². The minimum atomic E-state index is 0.0845. The van der Waals surface area contributed by atoms with Gasteiger partial charge in [0, 0.05) is 7.05 Å². The molecule has 54 valence electrons. The van der Waals surface area contributed by atoms with E-state index in [2.05, 4.69) is 13.0 Å². The van der Waals surface area contributed by atoms with Crippen LogP contribution < -0.4 is 0 Å². The standard InChI is InChI=1S/C8H11NO/c1-5-4-8(2)6(5)7(10)9(8)3/h4,6H,1-3H3. The SMILES string of the molecule is CC1=CC2(C)C1C(=O)N2C. The molecule has 2 aliphatic rings. The number of carbonyl (C=O) groups is 1. The number of fused-ring (bicyclic) bond motifs is 1. The summed E-state index contributed by atoms with van der Waals surface area (Å²) in [5.41, 5.74) is 1.33. The summed E-state index contributed by atoms with van der Waals surface area (Å²) >= 11 is 0. The molecule has 0 radical (unpaired) electrons. The van der Waals surface area contributed by atoms with E-state index >= 15 is 0 Å². The van der Waals surface area contributed by atoms with Crippen molar-refractivity contribution in [3.8, 4) is 0 Å². The highest BCUT2D eigenvalue weighted by Gasteiger charge is 2.59. The van der Waals surface area contributed by atoms with E-state index < -0.39 is 0 Å². The maximum atomic E-state index is 11.1. The Morgan fingerprint density at radius 1 is 1.70 bits per heavy atom. The molecule has 0 bridgehead atoms. The van der Waals surface area contributed by atoms with E-state index in [1.54, 1.807) is 0 Å². The van der Waals surface area contributed by atoms with Crippen LogP contribution in [-0.2, 0) is 4.79 Å². The molecule has 1 heterocycles. The van der Waals surface area contributed by atoms with Gasteiger partial charge in [0.25, 0.3) is 0 Å². The van der Waals surface area contributed by atoms with Crippen LogP contribution in [0.25, 0.3) is 0 Å². The van der Waals surface area contributed by atoms with Gasteiger partial charge in [-0.2, -0.15) is 0 Å². The summed E-state index contributed by atoms with van der Waals surface area (Å²) in [4.78, 5) is 12.9. The van der Waals surface area contributed by atoms with E-state index in [1.807, 2.05) is 18.9 Å². The smallest absolute Gasteiger partial charge is 0.232 e. The summed E-state index contributed by atoms with van der Waals surface area (Å²) in [7, 11) is 1.86. The van der Waals surface area contributed by atoms with Crippen molar-refractivity contribution in [1.82, 2.24) is 4.90 Å².